The van der Waals surface area contributed by atoms with Gasteiger partial charge in [-0.3, -0.25) is 0 Å². The van der Waals surface area contributed by atoms with Gasteiger partial charge in [0.1, 0.15) is 11.6 Å². The molecule has 0 N–H and O–H groups in total. The van der Waals surface area contributed by atoms with E-state index in [9.17, 15) is 4.39 Å². The van der Waals surface area contributed by atoms with Gasteiger partial charge in [-0.25, -0.2) is 9.37 Å². The van der Waals surface area contributed by atoms with E-state index in [0.717, 1.165) is 23.4 Å². The highest BCUT2D eigenvalue weighted by Gasteiger charge is 2.32. The van der Waals surface area contributed by atoms with Gasteiger partial charge in [-0.1, -0.05) is 19.3 Å². The molecule has 2 nitrogen and oxygen atoms in total. The molecule has 1 aliphatic rings. The van der Waals surface area contributed by atoms with Crippen molar-refractivity contribution in [2.24, 2.45) is 0 Å². The van der Waals surface area contributed by atoms with Crippen LogP contribution in [0.3, 0.4) is 0 Å². The van der Waals surface area contributed by atoms with E-state index in [0.29, 0.717) is 5.88 Å². The monoisotopic (exact) mass is 326 g/mol. The Morgan fingerprint density at radius 3 is 2.76 bits per heavy atom. The molecule has 0 saturated heterocycles. The molecule has 21 heavy (non-hydrogen) atoms. The van der Waals surface area contributed by atoms with E-state index in [4.69, 9.17) is 11.6 Å². The number of thioether (sulfide) groups is 1. The Hall–Kier alpha value is -0.740. The number of imidazole rings is 1. The summed E-state index contributed by atoms with van der Waals surface area (Å²) in [6.45, 7) is 0.871. The summed E-state index contributed by atoms with van der Waals surface area (Å²) >= 11 is 8.00. The lowest BCUT2D eigenvalue weighted by Gasteiger charge is -2.36. The summed E-state index contributed by atoms with van der Waals surface area (Å²) in [5.74, 6) is 0.990. The SMILES string of the molecule is CSC1(Cn2c(CCl)nc3ccc(F)cc32)CCCCC1. The minimum absolute atomic E-state index is 0.216. The Morgan fingerprint density at radius 1 is 1.33 bits per heavy atom. The number of fused-ring (bicyclic) bond motifs is 1. The summed E-state index contributed by atoms with van der Waals surface area (Å²) in [4.78, 5) is 4.56. The molecular formula is C16H20ClFN2S. The standard InChI is InChI=1S/C16H20ClFN2S/c1-21-16(7-3-2-4-8-16)11-20-14-9-12(18)5-6-13(14)19-15(20)10-17/h5-6,9H,2-4,7-8,10-11H2,1H3. The zero-order valence-corrected chi connectivity index (χ0v) is 13.8. The number of nitrogens with zero attached hydrogens (tertiary/aromatic N) is 2. The van der Waals surface area contributed by atoms with Crippen LogP contribution < -0.4 is 0 Å². The third-order valence-corrected chi connectivity index (χ3v) is 6.20. The van der Waals surface area contributed by atoms with Gasteiger partial charge in [-0.05, 0) is 37.3 Å². The lowest BCUT2D eigenvalue weighted by molar-refractivity contribution is 0.359. The zero-order valence-electron chi connectivity index (χ0n) is 12.2. The Bertz CT molecular complexity index is 634. The lowest BCUT2D eigenvalue weighted by Crippen LogP contribution is -2.33. The highest BCUT2D eigenvalue weighted by Crippen LogP contribution is 2.40. The van der Waals surface area contributed by atoms with Gasteiger partial charge >= 0.3 is 0 Å². The molecule has 1 aromatic carbocycles. The molecule has 2 aromatic rings. The smallest absolute Gasteiger partial charge is 0.125 e. The fourth-order valence-electron chi connectivity index (χ4n) is 3.34. The fourth-order valence-corrected chi connectivity index (χ4v) is 4.49. The molecule has 1 fully saturated rings. The van der Waals surface area contributed by atoms with E-state index in [1.807, 2.05) is 11.8 Å². The van der Waals surface area contributed by atoms with E-state index in [1.165, 1.54) is 38.2 Å². The first-order valence-electron chi connectivity index (χ1n) is 7.43. The van der Waals surface area contributed by atoms with Crippen molar-refractivity contribution in [3.63, 3.8) is 0 Å². The number of hydrogen-bond donors (Lipinski definition) is 0. The van der Waals surface area contributed by atoms with Gasteiger partial charge in [0, 0.05) is 11.3 Å². The summed E-state index contributed by atoms with van der Waals surface area (Å²) < 4.78 is 16.0. The second kappa shape index (κ2) is 6.17. The van der Waals surface area contributed by atoms with Gasteiger partial charge in [-0.2, -0.15) is 11.8 Å². The van der Waals surface area contributed by atoms with Gasteiger partial charge in [0.2, 0.25) is 0 Å². The Labute approximate surface area is 134 Å². The zero-order chi connectivity index (χ0) is 14.9. The van der Waals surface area contributed by atoms with Crippen LogP contribution in [0.4, 0.5) is 4.39 Å². The van der Waals surface area contributed by atoms with Crippen molar-refractivity contribution in [3.05, 3.63) is 29.8 Å². The maximum atomic E-state index is 13.6. The second-order valence-corrected chi connectivity index (χ2v) is 7.37. The third kappa shape index (κ3) is 2.93. The average Bonchev–Trinajstić information content (AvgIpc) is 2.85. The van der Waals surface area contributed by atoms with Gasteiger partial charge in [-0.15, -0.1) is 11.6 Å². The molecular weight excluding hydrogens is 307 g/mol. The molecule has 0 amide bonds. The van der Waals surface area contributed by atoms with E-state index in [2.05, 4.69) is 15.8 Å². The molecule has 3 rings (SSSR count). The number of alkyl halides is 1. The predicted octanol–water partition coefficient (Wildman–Crippen LogP) is 4.98. The van der Waals surface area contributed by atoms with Crippen molar-refractivity contribution in [3.8, 4) is 0 Å². The third-order valence-electron chi connectivity index (χ3n) is 4.55. The van der Waals surface area contributed by atoms with Crippen LogP contribution in [0.25, 0.3) is 11.0 Å². The number of benzene rings is 1. The topological polar surface area (TPSA) is 17.8 Å². The number of hydrogen-bond acceptors (Lipinski definition) is 2. The first kappa shape index (κ1) is 15.2. The number of rotatable bonds is 4. The van der Waals surface area contributed by atoms with E-state index in [-0.39, 0.29) is 10.6 Å². The molecule has 0 bridgehead atoms. The molecule has 0 radical (unpaired) electrons. The maximum Gasteiger partial charge on any atom is 0.125 e. The lowest BCUT2D eigenvalue weighted by atomic mass is 9.88. The van der Waals surface area contributed by atoms with Crippen LogP contribution in [-0.2, 0) is 12.4 Å². The van der Waals surface area contributed by atoms with Crippen molar-refractivity contribution in [1.29, 1.82) is 0 Å². The molecule has 114 valence electrons. The minimum atomic E-state index is -0.216. The summed E-state index contributed by atoms with van der Waals surface area (Å²) in [5.41, 5.74) is 1.70. The fraction of sp³-hybridized carbons (Fsp3) is 0.562. The highest BCUT2D eigenvalue weighted by molar-refractivity contribution is 8.00. The van der Waals surface area contributed by atoms with Gasteiger partial charge in [0.15, 0.2) is 0 Å². The van der Waals surface area contributed by atoms with E-state index >= 15 is 0 Å². The van der Waals surface area contributed by atoms with Crippen LogP contribution in [0.15, 0.2) is 18.2 Å². The van der Waals surface area contributed by atoms with Crippen LogP contribution in [0.5, 0.6) is 0 Å². The molecule has 1 aromatic heterocycles. The highest BCUT2D eigenvalue weighted by atomic mass is 35.5. The average molecular weight is 327 g/mol. The molecule has 5 heteroatoms. The summed E-state index contributed by atoms with van der Waals surface area (Å²) in [6, 6.07) is 4.78. The summed E-state index contributed by atoms with van der Waals surface area (Å²) in [5, 5.41) is 0. The molecule has 1 saturated carbocycles. The van der Waals surface area contributed by atoms with Crippen LogP contribution in [0.1, 0.15) is 37.9 Å². The van der Waals surface area contributed by atoms with Gasteiger partial charge in [0.05, 0.1) is 16.9 Å². The molecule has 1 heterocycles. The normalized spacial score (nSPS) is 18.2. The molecule has 0 atom stereocenters. The quantitative estimate of drug-likeness (QED) is 0.737. The maximum absolute atomic E-state index is 13.6. The molecule has 0 spiro atoms. The Balaban J connectivity index is 2.03. The molecule has 1 aliphatic carbocycles. The Kier molecular flexibility index (Phi) is 4.46. The van der Waals surface area contributed by atoms with Crippen molar-refractivity contribution in [2.75, 3.05) is 6.26 Å². The number of halogens is 2. The predicted molar refractivity (Wildman–Crippen MR) is 88.6 cm³/mol. The van der Waals surface area contributed by atoms with Crippen LogP contribution in [0, 0.1) is 5.82 Å². The van der Waals surface area contributed by atoms with Crippen molar-refractivity contribution < 1.29 is 4.39 Å². The first-order valence-corrected chi connectivity index (χ1v) is 9.19. The molecule has 0 aliphatic heterocycles. The van der Waals surface area contributed by atoms with Crippen molar-refractivity contribution >= 4 is 34.4 Å². The van der Waals surface area contributed by atoms with Gasteiger partial charge < -0.3 is 4.57 Å². The van der Waals surface area contributed by atoms with Crippen molar-refractivity contribution in [2.45, 2.75) is 49.3 Å². The number of aromatic nitrogens is 2. The summed E-state index contributed by atoms with van der Waals surface area (Å²) in [6.07, 6.45) is 8.49. The van der Waals surface area contributed by atoms with Crippen molar-refractivity contribution in [1.82, 2.24) is 9.55 Å². The Morgan fingerprint density at radius 2 is 2.10 bits per heavy atom. The van der Waals surface area contributed by atoms with Gasteiger partial charge in [0.25, 0.3) is 0 Å². The molecule has 0 unspecified atom stereocenters. The van der Waals surface area contributed by atoms with Crippen LogP contribution in [-0.4, -0.2) is 20.6 Å². The second-order valence-electron chi connectivity index (χ2n) is 5.83. The van der Waals surface area contributed by atoms with E-state index < -0.39 is 0 Å². The van der Waals surface area contributed by atoms with Crippen LogP contribution in [0.2, 0.25) is 0 Å². The van der Waals surface area contributed by atoms with E-state index in [1.54, 1.807) is 12.1 Å². The van der Waals surface area contributed by atoms with Crippen LogP contribution >= 0.6 is 23.4 Å². The summed E-state index contributed by atoms with van der Waals surface area (Å²) in [7, 11) is 0. The minimum Gasteiger partial charge on any atom is -0.325 e. The first-order chi connectivity index (χ1) is 10.2. The largest absolute Gasteiger partial charge is 0.325 e.